The summed E-state index contributed by atoms with van der Waals surface area (Å²) in [5.74, 6) is 1.54. The van der Waals surface area contributed by atoms with Crippen molar-refractivity contribution in [1.29, 1.82) is 0 Å². The zero-order chi connectivity index (χ0) is 66.5. The van der Waals surface area contributed by atoms with Gasteiger partial charge in [-0.05, 0) is 136 Å². The van der Waals surface area contributed by atoms with E-state index in [1.165, 1.54) is 28.5 Å². The van der Waals surface area contributed by atoms with Gasteiger partial charge in [-0.25, -0.2) is 34.7 Å². The predicted octanol–water partition coefficient (Wildman–Crippen LogP) is 18.3. The maximum atomic E-state index is 10.6. The molecule has 8 heterocycles. The summed E-state index contributed by atoms with van der Waals surface area (Å²) in [6.07, 6.45) is 14.4. The molecule has 86 heavy (non-hydrogen) atoms. The zero-order valence-corrected chi connectivity index (χ0v) is 59.5. The third kappa shape index (κ3) is 30.6. The average molecular weight is 1180 g/mol. The lowest BCUT2D eigenvalue weighted by atomic mass is 9.84. The van der Waals surface area contributed by atoms with Gasteiger partial charge in [0.25, 0.3) is 0 Å². The van der Waals surface area contributed by atoms with Crippen LogP contribution in [0.1, 0.15) is 241 Å². The number of nitrogens with zero attached hydrogens (tertiary/aromatic N) is 10. The molecule has 0 aromatic carbocycles. The number of rotatable bonds is 0. The second-order valence-corrected chi connectivity index (χ2v) is 30.4. The number of aryl methyl sites for hydroxylation is 6. The minimum absolute atomic E-state index is 0.0304. The van der Waals surface area contributed by atoms with E-state index < -0.39 is 0 Å². The van der Waals surface area contributed by atoms with Crippen LogP contribution >= 0.6 is 0 Å². The highest BCUT2D eigenvalue weighted by molar-refractivity contribution is 6.00. The number of hydrogen-bond donors (Lipinski definition) is 0. The summed E-state index contributed by atoms with van der Waals surface area (Å²) in [6, 6.07) is 20.4. The number of carbonyl (C=O) groups excluding carboxylic acids is 1. The molecule has 6 aromatic rings. The Morgan fingerprint density at radius 1 is 0.442 bits per heavy atom. The number of aromatic nitrogens is 9. The molecule has 8 rings (SSSR count). The fraction of sp³-hybridized carbons (Fsp3) is 0.554. The van der Waals surface area contributed by atoms with E-state index in [9.17, 15) is 4.79 Å². The lowest BCUT2D eigenvalue weighted by Crippen LogP contribution is -2.25. The molecular formula is C74H114N10O2. The van der Waals surface area contributed by atoms with Gasteiger partial charge in [-0.2, -0.15) is 0 Å². The van der Waals surface area contributed by atoms with Gasteiger partial charge in [0.2, 0.25) is 0 Å². The van der Waals surface area contributed by atoms with Crippen LogP contribution in [0, 0.1) is 52.4 Å². The lowest BCUT2D eigenvalue weighted by Gasteiger charge is -2.23. The molecule has 0 saturated carbocycles. The van der Waals surface area contributed by atoms with Gasteiger partial charge in [0, 0.05) is 109 Å². The molecule has 0 spiro atoms. The Morgan fingerprint density at radius 2 is 0.988 bits per heavy atom. The van der Waals surface area contributed by atoms with E-state index in [0.29, 0.717) is 0 Å². The highest BCUT2D eigenvalue weighted by Crippen LogP contribution is 2.30. The minimum Gasteiger partial charge on any atom is -0.454 e. The van der Waals surface area contributed by atoms with E-state index in [1.807, 2.05) is 117 Å². The van der Waals surface area contributed by atoms with Crippen molar-refractivity contribution < 1.29 is 9.53 Å². The Balaban J connectivity index is 0.000000492. The molecule has 0 radical (unpaired) electrons. The van der Waals surface area contributed by atoms with Gasteiger partial charge in [-0.3, -0.25) is 19.9 Å². The summed E-state index contributed by atoms with van der Waals surface area (Å²) in [7, 11) is 0. The Hall–Kier alpha value is -6.69. The largest absolute Gasteiger partial charge is 0.454 e. The van der Waals surface area contributed by atoms with Crippen LogP contribution in [0.25, 0.3) is 0 Å². The van der Waals surface area contributed by atoms with Crippen molar-refractivity contribution in [2.45, 2.75) is 253 Å². The fourth-order valence-electron chi connectivity index (χ4n) is 7.99. The average Bonchev–Trinajstić information content (AvgIpc) is 4.08. The number of esters is 1. The molecule has 12 nitrogen and oxygen atoms in total. The quantitative estimate of drug-likeness (QED) is 0.133. The van der Waals surface area contributed by atoms with E-state index in [4.69, 9.17) is 4.74 Å². The predicted molar refractivity (Wildman–Crippen MR) is 363 cm³/mol. The third-order valence-corrected chi connectivity index (χ3v) is 13.1. The SMILES string of the molecule is CC(C)(C)C1C=CC(=O)O1.CC1=NCC=C1C(C)(C)C.Cc1cc(C(C)(C)C)ccn1.Cc1cc(C(C)(C)C)ncn1.Cc1cccc(C(C)(C)C)n1.Cc1ccnc(C(C)(C)C)n1.Cc1nccc(C(C)(C)C)n1.Cc1ncccc1C(C)(C)C. The first-order valence-corrected chi connectivity index (χ1v) is 30.3. The van der Waals surface area contributed by atoms with Crippen molar-refractivity contribution >= 4 is 11.7 Å². The number of hydrogen-bond acceptors (Lipinski definition) is 12. The first kappa shape index (κ1) is 77.3. The first-order chi connectivity index (χ1) is 39.0. The second-order valence-electron chi connectivity index (χ2n) is 30.4. The van der Waals surface area contributed by atoms with Gasteiger partial charge in [0.15, 0.2) is 0 Å². The summed E-state index contributed by atoms with van der Waals surface area (Å²) in [5.41, 5.74) is 15.3. The molecule has 0 amide bonds. The summed E-state index contributed by atoms with van der Waals surface area (Å²) >= 11 is 0. The fourth-order valence-corrected chi connectivity index (χ4v) is 7.99. The minimum atomic E-state index is -0.222. The molecule has 0 N–H and O–H groups in total. The molecule has 12 heteroatoms. The van der Waals surface area contributed by atoms with Gasteiger partial charge in [-0.1, -0.05) is 184 Å². The van der Waals surface area contributed by atoms with E-state index in [1.54, 1.807) is 6.33 Å². The molecule has 2 aliphatic heterocycles. The van der Waals surface area contributed by atoms with Crippen LogP contribution in [-0.2, 0) is 42.0 Å². The Kier molecular flexibility index (Phi) is 29.6. The van der Waals surface area contributed by atoms with Gasteiger partial charge in [0.05, 0.1) is 6.54 Å². The van der Waals surface area contributed by atoms with E-state index in [-0.39, 0.29) is 55.4 Å². The van der Waals surface area contributed by atoms with Crippen molar-refractivity contribution in [1.82, 2.24) is 44.9 Å². The Labute approximate surface area is 523 Å². The molecule has 472 valence electrons. The molecule has 2 aliphatic rings. The van der Waals surface area contributed by atoms with Gasteiger partial charge in [0.1, 0.15) is 24.1 Å². The number of pyridine rings is 3. The van der Waals surface area contributed by atoms with Gasteiger partial charge in [-0.15, -0.1) is 0 Å². The van der Waals surface area contributed by atoms with E-state index >= 15 is 0 Å². The van der Waals surface area contributed by atoms with Crippen molar-refractivity contribution in [3.05, 3.63) is 184 Å². The standard InChI is InChI=1S/3C10H15N.3C9H14N2.C9H15N.C8H12O2/c1-8-7-9(5-6-11-8)10(2,3)4;1-8-9(10(2,3)4)6-5-7-11-8;1-8-6-5-7-9(11-8)10(2,3)4;1-7-5-8(9(2,3)4)11-6-10-7;1-7-10-6-5-8(11-7)9(2,3)4;1-7-5-6-10-8(11-7)9(2,3)4;1-7-8(5-6-10-7)9(2,3)4;1-8(2,3)6-4-5-7(9)10-6/h3*5-7H,1-4H3;3*5-6H,1-4H3;5H,6H2,1-4H3;4-6H,1-3H3. The van der Waals surface area contributed by atoms with Gasteiger partial charge < -0.3 is 4.74 Å². The first-order valence-electron chi connectivity index (χ1n) is 30.3. The summed E-state index contributed by atoms with van der Waals surface area (Å²) in [5, 5.41) is 0. The monoisotopic (exact) mass is 1170 g/mol. The van der Waals surface area contributed by atoms with Crippen molar-refractivity contribution in [3.63, 3.8) is 0 Å². The van der Waals surface area contributed by atoms with Gasteiger partial charge >= 0.3 is 5.97 Å². The lowest BCUT2D eigenvalue weighted by molar-refractivity contribution is -0.142. The molecule has 1 unspecified atom stereocenters. The van der Waals surface area contributed by atoms with Crippen LogP contribution in [-0.4, -0.2) is 69.2 Å². The van der Waals surface area contributed by atoms with Crippen LogP contribution in [0.15, 0.2) is 121 Å². The smallest absolute Gasteiger partial charge is 0.331 e. The van der Waals surface area contributed by atoms with E-state index in [0.717, 1.165) is 63.7 Å². The maximum Gasteiger partial charge on any atom is 0.331 e. The normalized spacial score (nSPS) is 14.0. The highest BCUT2D eigenvalue weighted by atomic mass is 16.5. The molecule has 0 bridgehead atoms. The number of cyclic esters (lactones) is 1. The van der Waals surface area contributed by atoms with Crippen LogP contribution in [0.5, 0.6) is 0 Å². The maximum absolute atomic E-state index is 10.6. The number of aliphatic imine (C=N–C) groups is 1. The van der Waals surface area contributed by atoms with E-state index in [2.05, 4.69) is 246 Å². The number of allylic oxidation sites excluding steroid dienone is 1. The van der Waals surface area contributed by atoms with Crippen LogP contribution in [0.2, 0.25) is 0 Å². The van der Waals surface area contributed by atoms with Crippen LogP contribution in [0.4, 0.5) is 0 Å². The third-order valence-electron chi connectivity index (χ3n) is 13.1. The van der Waals surface area contributed by atoms with Crippen LogP contribution < -0.4 is 0 Å². The number of carbonyl (C=O) groups is 1. The van der Waals surface area contributed by atoms with Crippen molar-refractivity contribution in [2.24, 2.45) is 15.8 Å². The summed E-state index contributed by atoms with van der Waals surface area (Å²) in [4.78, 5) is 52.9. The molecule has 0 saturated heterocycles. The molecule has 0 fully saturated rings. The summed E-state index contributed by atoms with van der Waals surface area (Å²) < 4.78 is 4.98. The topological polar surface area (TPSA) is 155 Å². The Bertz CT molecular complexity index is 2790. The molecular weight excluding hydrogens is 1060 g/mol. The van der Waals surface area contributed by atoms with Crippen molar-refractivity contribution in [2.75, 3.05) is 6.54 Å². The number of ether oxygens (including phenoxy) is 1. The summed E-state index contributed by atoms with van der Waals surface area (Å²) in [6.45, 7) is 66.8. The van der Waals surface area contributed by atoms with Crippen molar-refractivity contribution in [3.8, 4) is 0 Å². The second kappa shape index (κ2) is 32.9. The highest BCUT2D eigenvalue weighted by Gasteiger charge is 2.29. The molecule has 0 aliphatic carbocycles. The van der Waals surface area contributed by atoms with Crippen LogP contribution in [0.3, 0.4) is 0 Å². The molecule has 1 atom stereocenters. The zero-order valence-electron chi connectivity index (χ0n) is 59.5. The Morgan fingerprint density at radius 3 is 1.31 bits per heavy atom. The molecule has 6 aromatic heterocycles.